The lowest BCUT2D eigenvalue weighted by Gasteiger charge is -2.60. The lowest BCUT2D eigenvalue weighted by atomic mass is 9.47. The van der Waals surface area contributed by atoms with Crippen molar-refractivity contribution < 1.29 is 9.53 Å². The molecule has 0 spiro atoms. The first kappa shape index (κ1) is 19.7. The summed E-state index contributed by atoms with van der Waals surface area (Å²) < 4.78 is 6.60. The average Bonchev–Trinajstić information content (AvgIpc) is 3.01. The van der Waals surface area contributed by atoms with Crippen LogP contribution in [0.2, 0.25) is 0 Å². The number of hydrogen-bond donors (Lipinski definition) is 0. The number of carbonyl (C=O) groups excluding carboxylic acids is 1. The van der Waals surface area contributed by atoms with Crippen molar-refractivity contribution in [2.45, 2.75) is 71.2 Å². The van der Waals surface area contributed by atoms with Crippen LogP contribution in [0.25, 0.3) is 0 Å². The molecule has 156 valence electrons. The summed E-state index contributed by atoms with van der Waals surface area (Å²) in [6, 6.07) is 8.57. The fraction of sp³-hybridized carbons (Fsp3) is 0.654. The van der Waals surface area contributed by atoms with Gasteiger partial charge in [-0.15, -0.1) is 0 Å². The molecular weight excluding hydrogens is 376 g/mol. The Hall–Kier alpha value is -1.22. The number of fused-ring (bicyclic) bond motifs is 5. The summed E-state index contributed by atoms with van der Waals surface area (Å²) in [6.07, 6.45) is 10.6. The van der Waals surface area contributed by atoms with E-state index in [0.717, 1.165) is 17.6 Å². The predicted octanol–water partition coefficient (Wildman–Crippen LogP) is 6.43. The van der Waals surface area contributed by atoms with Crippen LogP contribution in [0.1, 0.15) is 58.4 Å². The molecule has 8 atom stereocenters. The van der Waals surface area contributed by atoms with E-state index >= 15 is 0 Å². The van der Waals surface area contributed by atoms with Crippen LogP contribution in [-0.2, 0) is 4.79 Å². The normalized spacial score (nSPS) is 46.0. The van der Waals surface area contributed by atoms with Crippen LogP contribution in [0, 0.1) is 41.4 Å². The highest BCUT2D eigenvalue weighted by molar-refractivity contribution is 8.14. The molecule has 1 aliphatic heterocycles. The smallest absolute Gasteiger partial charge is 0.212 e. The van der Waals surface area contributed by atoms with E-state index in [1.54, 1.807) is 11.8 Å². The van der Waals surface area contributed by atoms with E-state index in [4.69, 9.17) is 4.74 Å². The predicted molar refractivity (Wildman–Crippen MR) is 120 cm³/mol. The number of rotatable bonds is 2. The van der Waals surface area contributed by atoms with Crippen molar-refractivity contribution in [3.05, 3.63) is 42.0 Å². The van der Waals surface area contributed by atoms with Crippen LogP contribution >= 0.6 is 11.8 Å². The number of ether oxygens (including phenoxy) is 1. The Morgan fingerprint density at radius 3 is 2.59 bits per heavy atom. The van der Waals surface area contributed by atoms with Gasteiger partial charge in [0.1, 0.15) is 11.9 Å². The molecule has 2 nitrogen and oxygen atoms in total. The highest BCUT2D eigenvalue weighted by Gasteiger charge is 2.62. The Labute approximate surface area is 179 Å². The number of aryl methyl sites for hydroxylation is 1. The Morgan fingerprint density at radius 2 is 1.83 bits per heavy atom. The van der Waals surface area contributed by atoms with Gasteiger partial charge in [0, 0.05) is 16.1 Å². The van der Waals surface area contributed by atoms with E-state index in [1.165, 1.54) is 37.7 Å². The van der Waals surface area contributed by atoms with E-state index in [1.807, 2.05) is 6.08 Å². The van der Waals surface area contributed by atoms with Gasteiger partial charge in [-0.2, -0.15) is 0 Å². The van der Waals surface area contributed by atoms with Gasteiger partial charge in [0.05, 0.1) is 0 Å². The summed E-state index contributed by atoms with van der Waals surface area (Å²) in [5.74, 6) is 3.90. The SMILES string of the molecule is Cc1ccc(OC2CC[C@H]3[C@@H]4C(C)CC5SC(=O)C=C[C@]5(C)[C@@H]4CC[C@]23C)cc1. The maximum Gasteiger partial charge on any atom is 0.212 e. The molecule has 0 aromatic heterocycles. The van der Waals surface area contributed by atoms with Gasteiger partial charge in [-0.25, -0.2) is 0 Å². The first-order valence-electron chi connectivity index (χ1n) is 11.4. The Morgan fingerprint density at radius 1 is 1.07 bits per heavy atom. The fourth-order valence-corrected chi connectivity index (χ4v) is 8.80. The minimum Gasteiger partial charge on any atom is -0.490 e. The van der Waals surface area contributed by atoms with Gasteiger partial charge in [0.15, 0.2) is 0 Å². The molecule has 0 radical (unpaired) electrons. The minimum atomic E-state index is 0.174. The lowest BCUT2D eigenvalue weighted by Crippen LogP contribution is -2.56. The molecule has 3 fully saturated rings. The topological polar surface area (TPSA) is 26.3 Å². The third-order valence-electron chi connectivity index (χ3n) is 9.12. The summed E-state index contributed by atoms with van der Waals surface area (Å²) in [7, 11) is 0. The van der Waals surface area contributed by atoms with Crippen molar-refractivity contribution in [3.8, 4) is 5.75 Å². The third-order valence-corrected chi connectivity index (χ3v) is 10.5. The Kier molecular flexibility index (Phi) is 4.70. The molecule has 3 saturated carbocycles. The molecule has 1 aromatic carbocycles. The number of thioether (sulfide) groups is 1. The monoisotopic (exact) mass is 410 g/mol. The number of allylic oxidation sites excluding steroid dienone is 1. The second-order valence-corrected chi connectivity index (χ2v) is 11.9. The van der Waals surface area contributed by atoms with Gasteiger partial charge in [-0.1, -0.05) is 56.3 Å². The van der Waals surface area contributed by atoms with E-state index < -0.39 is 0 Å². The Bertz CT molecular complexity index is 830. The van der Waals surface area contributed by atoms with Crippen molar-refractivity contribution in [2.24, 2.45) is 34.5 Å². The summed E-state index contributed by atoms with van der Waals surface area (Å²) in [5.41, 5.74) is 1.72. The quantitative estimate of drug-likeness (QED) is 0.562. The molecule has 3 heteroatoms. The largest absolute Gasteiger partial charge is 0.490 e. The van der Waals surface area contributed by atoms with Gasteiger partial charge >= 0.3 is 0 Å². The number of benzene rings is 1. The highest BCUT2D eigenvalue weighted by atomic mass is 32.2. The summed E-state index contributed by atoms with van der Waals surface area (Å²) in [5, 5.41) is 0.716. The highest BCUT2D eigenvalue weighted by Crippen LogP contribution is 2.66. The zero-order chi connectivity index (χ0) is 20.4. The van der Waals surface area contributed by atoms with Crippen LogP contribution in [0.15, 0.2) is 36.4 Å². The van der Waals surface area contributed by atoms with Crippen molar-refractivity contribution in [1.29, 1.82) is 0 Å². The van der Waals surface area contributed by atoms with Gasteiger partial charge in [0.2, 0.25) is 5.12 Å². The molecule has 3 unspecified atom stereocenters. The molecule has 0 saturated heterocycles. The van der Waals surface area contributed by atoms with Crippen LogP contribution < -0.4 is 4.74 Å². The molecule has 0 N–H and O–H groups in total. The van der Waals surface area contributed by atoms with E-state index in [2.05, 4.69) is 58.0 Å². The molecule has 0 amide bonds. The van der Waals surface area contributed by atoms with Crippen molar-refractivity contribution in [2.75, 3.05) is 0 Å². The van der Waals surface area contributed by atoms with Gasteiger partial charge < -0.3 is 4.74 Å². The van der Waals surface area contributed by atoms with E-state index in [-0.39, 0.29) is 15.9 Å². The standard InChI is InChI=1S/C26H34O2S/c1-16-5-7-18(8-6-16)28-21-10-9-19-24-17(2)15-22-26(4,14-12-23(27)29-22)20(24)11-13-25(19,21)3/h5-8,12,14,17,19-22,24H,9-11,13,15H2,1-4H3/t17?,19-,20+,21?,22?,24-,25-,26+/m0/s1. The maximum atomic E-state index is 12.1. The lowest BCUT2D eigenvalue weighted by molar-refractivity contribution is -0.108. The van der Waals surface area contributed by atoms with Gasteiger partial charge in [-0.05, 0) is 80.9 Å². The van der Waals surface area contributed by atoms with E-state index in [0.29, 0.717) is 23.2 Å². The van der Waals surface area contributed by atoms with Crippen LogP contribution in [0.4, 0.5) is 0 Å². The van der Waals surface area contributed by atoms with E-state index in [9.17, 15) is 4.79 Å². The van der Waals surface area contributed by atoms with Crippen LogP contribution in [0.3, 0.4) is 0 Å². The van der Waals surface area contributed by atoms with Gasteiger partial charge in [-0.3, -0.25) is 4.79 Å². The summed E-state index contributed by atoms with van der Waals surface area (Å²) >= 11 is 1.61. The van der Waals surface area contributed by atoms with Gasteiger partial charge in [0.25, 0.3) is 0 Å². The zero-order valence-electron chi connectivity index (χ0n) is 18.2. The minimum absolute atomic E-state index is 0.174. The second kappa shape index (κ2) is 6.90. The zero-order valence-corrected chi connectivity index (χ0v) is 19.0. The van der Waals surface area contributed by atoms with Crippen LogP contribution in [-0.4, -0.2) is 16.5 Å². The molecular formula is C26H34O2S. The molecule has 1 heterocycles. The molecule has 5 rings (SSSR count). The first-order valence-corrected chi connectivity index (χ1v) is 12.3. The molecule has 3 aliphatic carbocycles. The fourth-order valence-electron chi connectivity index (χ4n) is 7.46. The molecule has 4 aliphatic rings. The van der Waals surface area contributed by atoms with Crippen molar-refractivity contribution in [3.63, 3.8) is 0 Å². The number of hydrogen-bond acceptors (Lipinski definition) is 3. The van der Waals surface area contributed by atoms with Crippen molar-refractivity contribution >= 4 is 16.9 Å². The number of carbonyl (C=O) groups is 1. The molecule has 29 heavy (non-hydrogen) atoms. The summed E-state index contributed by atoms with van der Waals surface area (Å²) in [6.45, 7) is 9.53. The van der Waals surface area contributed by atoms with Crippen molar-refractivity contribution in [1.82, 2.24) is 0 Å². The summed E-state index contributed by atoms with van der Waals surface area (Å²) in [4.78, 5) is 12.1. The second-order valence-electron chi connectivity index (χ2n) is 10.7. The molecule has 0 bridgehead atoms. The maximum absolute atomic E-state index is 12.1. The first-order chi connectivity index (χ1) is 13.8. The Balaban J connectivity index is 1.42. The third kappa shape index (κ3) is 3.02. The molecule has 1 aromatic rings. The average molecular weight is 411 g/mol. The van der Waals surface area contributed by atoms with Crippen LogP contribution in [0.5, 0.6) is 5.75 Å².